The van der Waals surface area contributed by atoms with Crippen molar-refractivity contribution in [2.24, 2.45) is 10.2 Å². The van der Waals surface area contributed by atoms with Crippen molar-refractivity contribution in [3.05, 3.63) is 66.2 Å². The molecule has 0 aliphatic heterocycles. The lowest BCUT2D eigenvalue weighted by molar-refractivity contribution is -0.139. The Morgan fingerprint density at radius 2 is 1.50 bits per heavy atom. The fourth-order valence-corrected chi connectivity index (χ4v) is 1.81. The number of hydrogen-bond acceptors (Lipinski definition) is 6. The van der Waals surface area contributed by atoms with Crippen molar-refractivity contribution in [1.82, 2.24) is 0 Å². The summed E-state index contributed by atoms with van der Waals surface area (Å²) in [6.07, 6.45) is 0. The van der Waals surface area contributed by atoms with Gasteiger partial charge in [0, 0.05) is 5.57 Å². The van der Waals surface area contributed by atoms with Crippen LogP contribution in [0.3, 0.4) is 0 Å². The second kappa shape index (κ2) is 9.12. The summed E-state index contributed by atoms with van der Waals surface area (Å²) in [5.41, 5.74) is 1.71. The van der Waals surface area contributed by atoms with Crippen LogP contribution in [0.25, 0.3) is 0 Å². The topological polar surface area (TPSA) is 97.5 Å². The van der Waals surface area contributed by atoms with Crippen molar-refractivity contribution in [2.75, 3.05) is 13.2 Å². The SMILES string of the molecule is C=C(C)C(=O)OCCOc1ccc(N=Nc2ccc(C(=O)O)cc2)cc1. The number of aromatic carboxylic acids is 1. The summed E-state index contributed by atoms with van der Waals surface area (Å²) in [7, 11) is 0. The number of carboxylic acid groups (broad SMARTS) is 1. The van der Waals surface area contributed by atoms with E-state index in [9.17, 15) is 9.59 Å². The average Bonchev–Trinajstić information content (AvgIpc) is 2.64. The Balaban J connectivity index is 1.84. The number of hydrogen-bond donors (Lipinski definition) is 1. The third-order valence-corrected chi connectivity index (χ3v) is 3.17. The second-order valence-electron chi connectivity index (χ2n) is 5.31. The van der Waals surface area contributed by atoms with E-state index in [1.807, 2.05) is 0 Å². The number of rotatable bonds is 8. The number of carbonyl (C=O) groups is 2. The van der Waals surface area contributed by atoms with E-state index >= 15 is 0 Å². The molecule has 0 heterocycles. The molecular formula is C19H18N2O5. The van der Waals surface area contributed by atoms with Gasteiger partial charge < -0.3 is 14.6 Å². The van der Waals surface area contributed by atoms with Crippen molar-refractivity contribution in [2.45, 2.75) is 6.92 Å². The predicted molar refractivity (Wildman–Crippen MR) is 95.3 cm³/mol. The van der Waals surface area contributed by atoms with E-state index < -0.39 is 11.9 Å². The van der Waals surface area contributed by atoms with Crippen LogP contribution in [-0.4, -0.2) is 30.3 Å². The number of carboxylic acids is 1. The van der Waals surface area contributed by atoms with E-state index in [0.717, 1.165) is 0 Å². The maximum absolute atomic E-state index is 11.2. The van der Waals surface area contributed by atoms with E-state index in [-0.39, 0.29) is 18.8 Å². The molecule has 1 N–H and O–H groups in total. The fraction of sp³-hybridized carbons (Fsp3) is 0.158. The standard InChI is InChI=1S/C19H18N2O5/c1-13(2)19(24)26-12-11-25-17-9-7-16(8-10-17)21-20-15-5-3-14(4-6-15)18(22)23/h3-10H,1,11-12H2,2H3,(H,22,23). The summed E-state index contributed by atoms with van der Waals surface area (Å²) in [4.78, 5) is 22.0. The number of azo groups is 1. The molecule has 2 rings (SSSR count). The van der Waals surface area contributed by atoms with Gasteiger partial charge in [-0.2, -0.15) is 10.2 Å². The number of carbonyl (C=O) groups excluding carboxylic acids is 1. The quantitative estimate of drug-likeness (QED) is 0.330. The summed E-state index contributed by atoms with van der Waals surface area (Å²) < 4.78 is 10.4. The number of esters is 1. The van der Waals surface area contributed by atoms with Crippen molar-refractivity contribution in [3.8, 4) is 5.75 Å². The lowest BCUT2D eigenvalue weighted by Crippen LogP contribution is -2.12. The van der Waals surface area contributed by atoms with E-state index in [1.165, 1.54) is 12.1 Å². The Morgan fingerprint density at radius 1 is 0.962 bits per heavy atom. The van der Waals surface area contributed by atoms with Gasteiger partial charge in [0.1, 0.15) is 19.0 Å². The molecule has 26 heavy (non-hydrogen) atoms. The lowest BCUT2D eigenvalue weighted by Gasteiger charge is -2.07. The predicted octanol–water partition coefficient (Wildman–Crippen LogP) is 4.30. The minimum atomic E-state index is -0.988. The van der Waals surface area contributed by atoms with Crippen molar-refractivity contribution in [3.63, 3.8) is 0 Å². The van der Waals surface area contributed by atoms with Gasteiger partial charge in [-0.15, -0.1) is 0 Å². The first-order valence-corrected chi connectivity index (χ1v) is 7.76. The van der Waals surface area contributed by atoms with Crippen LogP contribution in [0.4, 0.5) is 11.4 Å². The van der Waals surface area contributed by atoms with Gasteiger partial charge >= 0.3 is 11.9 Å². The molecule has 0 aliphatic carbocycles. The van der Waals surface area contributed by atoms with Gasteiger partial charge in [0.15, 0.2) is 0 Å². The van der Waals surface area contributed by atoms with Crippen LogP contribution >= 0.6 is 0 Å². The number of benzene rings is 2. The molecule has 0 saturated carbocycles. The molecule has 0 saturated heterocycles. The maximum Gasteiger partial charge on any atom is 0.335 e. The fourth-order valence-electron chi connectivity index (χ4n) is 1.81. The highest BCUT2D eigenvalue weighted by Gasteiger charge is 2.03. The lowest BCUT2D eigenvalue weighted by atomic mass is 10.2. The van der Waals surface area contributed by atoms with Gasteiger partial charge in [0.25, 0.3) is 0 Å². The van der Waals surface area contributed by atoms with Crippen LogP contribution in [0.5, 0.6) is 5.75 Å². The van der Waals surface area contributed by atoms with E-state index in [2.05, 4.69) is 16.8 Å². The molecule has 2 aromatic rings. The Morgan fingerprint density at radius 3 is 2.00 bits per heavy atom. The first-order chi connectivity index (χ1) is 12.5. The molecule has 0 bridgehead atoms. The number of nitrogens with zero attached hydrogens (tertiary/aromatic N) is 2. The Labute approximate surface area is 150 Å². The Hall–Kier alpha value is -3.48. The maximum atomic E-state index is 11.2. The van der Waals surface area contributed by atoms with Crippen LogP contribution in [0.15, 0.2) is 70.9 Å². The monoisotopic (exact) mass is 354 g/mol. The van der Waals surface area contributed by atoms with Crippen LogP contribution in [-0.2, 0) is 9.53 Å². The van der Waals surface area contributed by atoms with E-state index in [0.29, 0.717) is 22.7 Å². The molecule has 0 unspecified atom stereocenters. The highest BCUT2D eigenvalue weighted by Crippen LogP contribution is 2.21. The summed E-state index contributed by atoms with van der Waals surface area (Å²) in [6, 6.07) is 13.0. The normalized spacial score (nSPS) is 10.5. The smallest absolute Gasteiger partial charge is 0.335 e. The summed E-state index contributed by atoms with van der Waals surface area (Å²) in [5, 5.41) is 17.0. The Kier molecular flexibility index (Phi) is 6.61. The molecule has 134 valence electrons. The minimum absolute atomic E-state index is 0.138. The molecular weight excluding hydrogens is 336 g/mol. The number of ether oxygens (including phenoxy) is 2. The zero-order valence-corrected chi connectivity index (χ0v) is 14.2. The zero-order chi connectivity index (χ0) is 18.9. The van der Waals surface area contributed by atoms with Crippen molar-refractivity contribution >= 4 is 23.3 Å². The molecule has 2 aromatic carbocycles. The molecule has 0 aromatic heterocycles. The molecule has 0 aliphatic rings. The van der Waals surface area contributed by atoms with Crippen molar-refractivity contribution in [1.29, 1.82) is 0 Å². The van der Waals surface area contributed by atoms with Crippen molar-refractivity contribution < 1.29 is 24.2 Å². The first-order valence-electron chi connectivity index (χ1n) is 7.76. The molecule has 0 amide bonds. The van der Waals surface area contributed by atoms with E-state index in [1.54, 1.807) is 43.3 Å². The summed E-state index contributed by atoms with van der Waals surface area (Å²) in [6.45, 7) is 5.44. The van der Waals surface area contributed by atoms with Gasteiger partial charge in [-0.05, 0) is 55.5 Å². The largest absolute Gasteiger partial charge is 0.490 e. The van der Waals surface area contributed by atoms with Gasteiger partial charge in [-0.3, -0.25) is 0 Å². The second-order valence-corrected chi connectivity index (χ2v) is 5.31. The van der Waals surface area contributed by atoms with Gasteiger partial charge in [-0.1, -0.05) is 6.58 Å². The van der Waals surface area contributed by atoms with Gasteiger partial charge in [0.05, 0.1) is 16.9 Å². The highest BCUT2D eigenvalue weighted by molar-refractivity contribution is 5.88. The van der Waals surface area contributed by atoms with Gasteiger partial charge in [-0.25, -0.2) is 9.59 Å². The van der Waals surface area contributed by atoms with Crippen LogP contribution in [0.1, 0.15) is 17.3 Å². The van der Waals surface area contributed by atoms with Crippen LogP contribution < -0.4 is 4.74 Å². The third-order valence-electron chi connectivity index (χ3n) is 3.17. The summed E-state index contributed by atoms with van der Waals surface area (Å²) in [5.74, 6) is -0.819. The van der Waals surface area contributed by atoms with Crippen LogP contribution in [0.2, 0.25) is 0 Å². The van der Waals surface area contributed by atoms with E-state index in [4.69, 9.17) is 14.6 Å². The van der Waals surface area contributed by atoms with Crippen LogP contribution in [0, 0.1) is 0 Å². The third kappa shape index (κ3) is 5.86. The average molecular weight is 354 g/mol. The molecule has 0 atom stereocenters. The highest BCUT2D eigenvalue weighted by atomic mass is 16.6. The molecule has 0 radical (unpaired) electrons. The molecule has 7 nitrogen and oxygen atoms in total. The zero-order valence-electron chi connectivity index (χ0n) is 14.2. The Bertz CT molecular complexity index is 811. The summed E-state index contributed by atoms with van der Waals surface area (Å²) >= 11 is 0. The molecule has 7 heteroatoms. The molecule has 0 spiro atoms. The minimum Gasteiger partial charge on any atom is -0.490 e. The molecule has 0 fully saturated rings. The first kappa shape index (κ1) is 18.9. The van der Waals surface area contributed by atoms with Gasteiger partial charge in [0.2, 0.25) is 0 Å².